The number of carbonyl (C=O) groups is 2. The van der Waals surface area contributed by atoms with E-state index in [9.17, 15) is 9.59 Å². The van der Waals surface area contributed by atoms with E-state index in [-0.39, 0.29) is 17.3 Å². The van der Waals surface area contributed by atoms with Gasteiger partial charge in [-0.25, -0.2) is 0 Å². The van der Waals surface area contributed by atoms with Gasteiger partial charge in [-0.15, -0.1) is 0 Å². The number of benzene rings is 1. The molecule has 0 N–H and O–H groups in total. The number of Topliss-reactive ketones (excluding diaryl/α,β-unsaturated/α-hetero) is 1. The minimum absolute atomic E-state index is 0.0238. The average molecular weight is 437 g/mol. The van der Waals surface area contributed by atoms with Crippen LogP contribution in [0.15, 0.2) is 30.3 Å². The summed E-state index contributed by atoms with van der Waals surface area (Å²) >= 11 is 0. The minimum Gasteiger partial charge on any atom is -0.469 e. The Morgan fingerprint density at radius 3 is 2.50 bits per heavy atom. The molecule has 0 radical (unpaired) electrons. The number of methoxy groups -OCH3 is 1. The molecule has 3 nitrogen and oxygen atoms in total. The van der Waals surface area contributed by atoms with Crippen LogP contribution in [0.4, 0.5) is 0 Å². The summed E-state index contributed by atoms with van der Waals surface area (Å²) in [5.74, 6) is 3.67. The zero-order valence-electron chi connectivity index (χ0n) is 20.1. The standard InChI is InChI=1S/C29H40O3/c1-28-15-13-21(30)18-20(28)9-10-22-24-11-12-25(29(24,2)16-14-26(22)28)23(27(31)32-3)17-19-7-5-4-6-8-19/h4-8,20,22-26H,9-18H2,1-3H3/t20-,22-,23+,24-,25+,26-,28-,29-/m0/s1. The fourth-order valence-electron chi connectivity index (χ4n) is 9.16. The van der Waals surface area contributed by atoms with Crippen LogP contribution in [0.5, 0.6) is 0 Å². The van der Waals surface area contributed by atoms with Gasteiger partial charge >= 0.3 is 5.97 Å². The van der Waals surface area contributed by atoms with Gasteiger partial charge in [0, 0.05) is 12.8 Å². The van der Waals surface area contributed by atoms with Crippen molar-refractivity contribution in [2.75, 3.05) is 7.11 Å². The summed E-state index contributed by atoms with van der Waals surface area (Å²) in [5, 5.41) is 0. The molecule has 4 fully saturated rings. The predicted molar refractivity (Wildman–Crippen MR) is 126 cm³/mol. The normalized spacial score (nSPS) is 41.8. The van der Waals surface area contributed by atoms with Crippen molar-refractivity contribution in [3.05, 3.63) is 35.9 Å². The first-order valence-corrected chi connectivity index (χ1v) is 13.0. The van der Waals surface area contributed by atoms with E-state index in [4.69, 9.17) is 4.74 Å². The summed E-state index contributed by atoms with van der Waals surface area (Å²) in [5.41, 5.74) is 1.81. The van der Waals surface area contributed by atoms with Crippen LogP contribution in [-0.4, -0.2) is 18.9 Å². The molecule has 4 saturated carbocycles. The Labute approximate surface area is 193 Å². The lowest BCUT2D eigenvalue weighted by atomic mass is 9.44. The maximum absolute atomic E-state index is 13.0. The Morgan fingerprint density at radius 1 is 1.00 bits per heavy atom. The summed E-state index contributed by atoms with van der Waals surface area (Å²) in [6.45, 7) is 5.02. The first-order chi connectivity index (χ1) is 15.4. The Balaban J connectivity index is 1.40. The van der Waals surface area contributed by atoms with Crippen LogP contribution in [0.2, 0.25) is 0 Å². The van der Waals surface area contributed by atoms with Gasteiger partial charge in [-0.1, -0.05) is 44.2 Å². The van der Waals surface area contributed by atoms with E-state index in [1.807, 2.05) is 6.07 Å². The minimum atomic E-state index is -0.0480. The second kappa shape index (κ2) is 8.29. The molecule has 5 rings (SSSR count). The monoisotopic (exact) mass is 436 g/mol. The number of ketones is 1. The Hall–Kier alpha value is -1.64. The number of ether oxygens (including phenoxy) is 1. The highest BCUT2D eigenvalue weighted by molar-refractivity contribution is 5.79. The van der Waals surface area contributed by atoms with E-state index in [0.29, 0.717) is 29.0 Å². The van der Waals surface area contributed by atoms with Crippen LogP contribution in [0.25, 0.3) is 0 Å². The molecule has 0 aromatic heterocycles. The molecule has 4 aliphatic rings. The van der Waals surface area contributed by atoms with Crippen molar-refractivity contribution in [2.45, 2.75) is 78.1 Å². The summed E-state index contributed by atoms with van der Waals surface area (Å²) < 4.78 is 5.35. The van der Waals surface area contributed by atoms with Gasteiger partial charge < -0.3 is 4.74 Å². The third-order valence-corrected chi connectivity index (χ3v) is 10.8. The van der Waals surface area contributed by atoms with Crippen molar-refractivity contribution in [3.63, 3.8) is 0 Å². The van der Waals surface area contributed by atoms with Gasteiger partial charge in [0.15, 0.2) is 0 Å². The van der Waals surface area contributed by atoms with Gasteiger partial charge in [0.25, 0.3) is 0 Å². The van der Waals surface area contributed by atoms with Crippen molar-refractivity contribution in [3.8, 4) is 0 Å². The number of esters is 1. The number of carbonyl (C=O) groups excluding carboxylic acids is 2. The lowest BCUT2D eigenvalue weighted by Gasteiger charge is -2.60. The largest absolute Gasteiger partial charge is 0.469 e. The number of hydrogen-bond acceptors (Lipinski definition) is 3. The van der Waals surface area contributed by atoms with Crippen molar-refractivity contribution in [2.24, 2.45) is 46.3 Å². The lowest BCUT2D eigenvalue weighted by molar-refractivity contribution is -0.153. The summed E-state index contributed by atoms with van der Waals surface area (Å²) in [7, 11) is 1.55. The molecule has 4 aliphatic carbocycles. The molecule has 1 aromatic carbocycles. The van der Waals surface area contributed by atoms with Gasteiger partial charge in [-0.05, 0) is 97.3 Å². The second-order valence-electron chi connectivity index (χ2n) is 11.9. The van der Waals surface area contributed by atoms with Crippen molar-refractivity contribution < 1.29 is 14.3 Å². The SMILES string of the molecule is COC(=O)[C@H](Cc1ccccc1)[C@H]1CC[C@H]2[C@@H]3CC[C@H]4CC(=O)CC[C@]4(C)[C@H]3CC[C@]12C. The third kappa shape index (κ3) is 3.46. The smallest absolute Gasteiger partial charge is 0.309 e. The Morgan fingerprint density at radius 2 is 1.75 bits per heavy atom. The zero-order valence-corrected chi connectivity index (χ0v) is 20.1. The van der Waals surface area contributed by atoms with E-state index in [2.05, 4.69) is 38.1 Å². The fourth-order valence-corrected chi connectivity index (χ4v) is 9.16. The molecule has 174 valence electrons. The third-order valence-electron chi connectivity index (χ3n) is 10.8. The van der Waals surface area contributed by atoms with E-state index < -0.39 is 0 Å². The molecule has 8 atom stereocenters. The van der Waals surface area contributed by atoms with Crippen LogP contribution in [0, 0.1) is 46.3 Å². The van der Waals surface area contributed by atoms with E-state index >= 15 is 0 Å². The number of hydrogen-bond donors (Lipinski definition) is 0. The van der Waals surface area contributed by atoms with E-state index in [0.717, 1.165) is 43.9 Å². The molecule has 0 aliphatic heterocycles. The summed E-state index contributed by atoms with van der Waals surface area (Å²) in [6.07, 6.45) is 10.9. The van der Waals surface area contributed by atoms with Crippen LogP contribution >= 0.6 is 0 Å². The van der Waals surface area contributed by atoms with Crippen molar-refractivity contribution in [1.29, 1.82) is 0 Å². The van der Waals surface area contributed by atoms with Crippen molar-refractivity contribution >= 4 is 11.8 Å². The summed E-state index contributed by atoms with van der Waals surface area (Å²) in [6, 6.07) is 10.5. The maximum Gasteiger partial charge on any atom is 0.309 e. The average Bonchev–Trinajstić information content (AvgIpc) is 3.15. The molecule has 1 aromatic rings. The molecular weight excluding hydrogens is 396 g/mol. The van der Waals surface area contributed by atoms with Crippen LogP contribution in [0.3, 0.4) is 0 Å². The quantitative estimate of drug-likeness (QED) is 0.524. The molecule has 0 saturated heterocycles. The molecule has 0 spiro atoms. The van der Waals surface area contributed by atoms with Gasteiger partial charge in [0.05, 0.1) is 13.0 Å². The van der Waals surface area contributed by atoms with Crippen molar-refractivity contribution in [1.82, 2.24) is 0 Å². The topological polar surface area (TPSA) is 43.4 Å². The lowest BCUT2D eigenvalue weighted by Crippen LogP contribution is -2.54. The number of fused-ring (bicyclic) bond motifs is 5. The Kier molecular flexibility index (Phi) is 5.75. The first-order valence-electron chi connectivity index (χ1n) is 13.0. The molecule has 3 heteroatoms. The van der Waals surface area contributed by atoms with E-state index in [1.165, 1.54) is 37.7 Å². The zero-order chi connectivity index (χ0) is 22.5. The van der Waals surface area contributed by atoms with Crippen LogP contribution < -0.4 is 0 Å². The summed E-state index contributed by atoms with van der Waals surface area (Å²) in [4.78, 5) is 25.2. The fraction of sp³-hybridized carbons (Fsp3) is 0.724. The number of rotatable bonds is 4. The highest BCUT2D eigenvalue weighted by Crippen LogP contribution is 2.68. The van der Waals surface area contributed by atoms with Gasteiger partial charge in [-0.2, -0.15) is 0 Å². The van der Waals surface area contributed by atoms with Gasteiger partial charge in [-0.3, -0.25) is 9.59 Å². The van der Waals surface area contributed by atoms with Gasteiger partial charge in [0.2, 0.25) is 0 Å². The van der Waals surface area contributed by atoms with E-state index in [1.54, 1.807) is 7.11 Å². The predicted octanol–water partition coefficient (Wildman–Crippen LogP) is 6.25. The molecule has 0 unspecified atom stereocenters. The van der Waals surface area contributed by atoms with Crippen LogP contribution in [-0.2, 0) is 20.7 Å². The molecule has 0 heterocycles. The highest BCUT2D eigenvalue weighted by atomic mass is 16.5. The second-order valence-corrected chi connectivity index (χ2v) is 11.9. The molecule has 32 heavy (non-hydrogen) atoms. The molecular formula is C29H40O3. The van der Waals surface area contributed by atoms with Gasteiger partial charge in [0.1, 0.15) is 5.78 Å². The van der Waals surface area contributed by atoms with Crippen LogP contribution in [0.1, 0.15) is 77.2 Å². The Bertz CT molecular complexity index is 862. The molecule has 0 bridgehead atoms. The maximum atomic E-state index is 13.0. The highest BCUT2D eigenvalue weighted by Gasteiger charge is 2.61. The molecule has 0 amide bonds. The first kappa shape index (κ1) is 22.2.